The van der Waals surface area contributed by atoms with Gasteiger partial charge in [-0.15, -0.1) is 0 Å². The number of methoxy groups -OCH3 is 1. The third-order valence-electron chi connectivity index (χ3n) is 1.86. The van der Waals surface area contributed by atoms with Crippen LogP contribution in [0.15, 0.2) is 12.4 Å². The highest BCUT2D eigenvalue weighted by Gasteiger charge is 2.11. The Kier molecular flexibility index (Phi) is 2.12. The van der Waals surface area contributed by atoms with Crippen LogP contribution in [0.4, 0.5) is 5.69 Å². The Morgan fingerprint density at radius 1 is 1.50 bits per heavy atom. The van der Waals surface area contributed by atoms with Gasteiger partial charge in [0.1, 0.15) is 5.69 Å². The molecule has 6 heteroatoms. The van der Waals surface area contributed by atoms with E-state index in [1.165, 1.54) is 11.3 Å². The van der Waals surface area contributed by atoms with Gasteiger partial charge in [0.25, 0.3) is 5.19 Å². The second kappa shape index (κ2) is 3.30. The molecule has 0 aliphatic carbocycles. The van der Waals surface area contributed by atoms with Crippen LogP contribution in [0.25, 0.3) is 10.6 Å². The lowest BCUT2D eigenvalue weighted by atomic mass is 10.3. The van der Waals surface area contributed by atoms with Crippen LogP contribution in [0, 0.1) is 0 Å². The molecule has 2 N–H and O–H groups in total. The third-order valence-corrected chi connectivity index (χ3v) is 2.82. The smallest absolute Gasteiger partial charge is 0.273 e. The molecular formula is C8H10N4OS. The zero-order valence-corrected chi connectivity index (χ0v) is 8.71. The van der Waals surface area contributed by atoms with Crippen molar-refractivity contribution in [2.24, 2.45) is 7.05 Å². The maximum absolute atomic E-state index is 5.78. The molecule has 5 nitrogen and oxygen atoms in total. The molecule has 0 saturated carbocycles. The van der Waals surface area contributed by atoms with Gasteiger partial charge in [0.15, 0.2) is 0 Å². The summed E-state index contributed by atoms with van der Waals surface area (Å²) < 4.78 is 6.73. The average Bonchev–Trinajstić information content (AvgIpc) is 2.73. The van der Waals surface area contributed by atoms with E-state index in [0.717, 1.165) is 10.6 Å². The molecule has 0 atom stereocenters. The largest absolute Gasteiger partial charge is 0.473 e. The van der Waals surface area contributed by atoms with Crippen molar-refractivity contribution in [2.45, 2.75) is 0 Å². The van der Waals surface area contributed by atoms with Crippen molar-refractivity contribution in [1.29, 1.82) is 0 Å². The predicted molar refractivity (Wildman–Crippen MR) is 55.3 cm³/mol. The number of hydrogen-bond donors (Lipinski definition) is 1. The van der Waals surface area contributed by atoms with Crippen molar-refractivity contribution < 1.29 is 4.74 Å². The zero-order chi connectivity index (χ0) is 10.1. The summed E-state index contributed by atoms with van der Waals surface area (Å²) in [5.41, 5.74) is 7.31. The Bertz CT molecular complexity index is 428. The van der Waals surface area contributed by atoms with Gasteiger partial charge < -0.3 is 10.5 Å². The lowest BCUT2D eigenvalue weighted by Gasteiger charge is -1.97. The number of aromatic nitrogens is 3. The molecule has 0 fully saturated rings. The van der Waals surface area contributed by atoms with E-state index < -0.39 is 0 Å². The Hall–Kier alpha value is -1.56. The average molecular weight is 210 g/mol. The lowest BCUT2D eigenvalue weighted by Crippen LogP contribution is -1.93. The molecular weight excluding hydrogens is 200 g/mol. The topological polar surface area (TPSA) is 66.0 Å². The van der Waals surface area contributed by atoms with Crippen LogP contribution in [0.5, 0.6) is 5.19 Å². The first-order valence-corrected chi connectivity index (χ1v) is 4.81. The Morgan fingerprint density at radius 3 is 2.79 bits per heavy atom. The fourth-order valence-corrected chi connectivity index (χ4v) is 2.05. The van der Waals surface area contributed by atoms with Crippen LogP contribution in [-0.4, -0.2) is 21.9 Å². The van der Waals surface area contributed by atoms with Crippen molar-refractivity contribution in [3.05, 3.63) is 12.4 Å². The highest BCUT2D eigenvalue weighted by Crippen LogP contribution is 2.32. The normalized spacial score (nSPS) is 10.4. The maximum atomic E-state index is 5.78. The zero-order valence-electron chi connectivity index (χ0n) is 7.89. The van der Waals surface area contributed by atoms with Crippen molar-refractivity contribution >= 4 is 17.0 Å². The molecule has 0 bridgehead atoms. The minimum absolute atomic E-state index is 0.626. The second-order valence-corrected chi connectivity index (χ2v) is 3.76. The van der Waals surface area contributed by atoms with E-state index in [-0.39, 0.29) is 0 Å². The number of thiazole rings is 1. The number of nitrogens with two attached hydrogens (primary N) is 1. The van der Waals surface area contributed by atoms with Crippen molar-refractivity contribution in [2.75, 3.05) is 12.8 Å². The number of ether oxygens (including phenoxy) is 1. The summed E-state index contributed by atoms with van der Waals surface area (Å²) in [5.74, 6) is 0. The van der Waals surface area contributed by atoms with Crippen molar-refractivity contribution in [3.63, 3.8) is 0 Å². The summed E-state index contributed by atoms with van der Waals surface area (Å²) in [7, 11) is 3.44. The summed E-state index contributed by atoms with van der Waals surface area (Å²) in [6.45, 7) is 0. The van der Waals surface area contributed by atoms with Gasteiger partial charge in [-0.1, -0.05) is 11.3 Å². The van der Waals surface area contributed by atoms with Crippen LogP contribution in [-0.2, 0) is 7.05 Å². The molecule has 0 amide bonds. The van der Waals surface area contributed by atoms with Crippen molar-refractivity contribution in [1.82, 2.24) is 14.8 Å². The second-order valence-electron chi connectivity index (χ2n) is 2.77. The molecule has 0 spiro atoms. The quantitative estimate of drug-likeness (QED) is 0.807. The van der Waals surface area contributed by atoms with E-state index in [0.29, 0.717) is 10.9 Å². The molecule has 0 saturated heterocycles. The fourth-order valence-electron chi connectivity index (χ4n) is 1.22. The minimum Gasteiger partial charge on any atom is -0.473 e. The van der Waals surface area contributed by atoms with Crippen LogP contribution in [0.1, 0.15) is 0 Å². The molecule has 2 rings (SSSR count). The first-order valence-electron chi connectivity index (χ1n) is 4.00. The summed E-state index contributed by atoms with van der Waals surface area (Å²) in [6.07, 6.45) is 3.36. The van der Waals surface area contributed by atoms with Gasteiger partial charge in [0.2, 0.25) is 0 Å². The van der Waals surface area contributed by atoms with Gasteiger partial charge in [0.05, 0.1) is 30.1 Å². The summed E-state index contributed by atoms with van der Waals surface area (Å²) >= 11 is 1.44. The molecule has 2 aromatic rings. The number of rotatable bonds is 2. The standard InChI is InChI=1S/C8H10N4OS/c1-12-7(5(9)3-11-12)6-4-10-8(13-2)14-6/h3-4H,9H2,1-2H3. The highest BCUT2D eigenvalue weighted by atomic mass is 32.1. The predicted octanol–water partition coefficient (Wildman–Crippen LogP) is 1.13. The summed E-state index contributed by atoms with van der Waals surface area (Å²) in [5, 5.41) is 4.68. The van der Waals surface area contributed by atoms with E-state index in [4.69, 9.17) is 10.5 Å². The van der Waals surface area contributed by atoms with Crippen LogP contribution in [0.3, 0.4) is 0 Å². The first kappa shape index (κ1) is 9.01. The number of nitrogen functional groups attached to an aromatic ring is 1. The molecule has 2 heterocycles. The van der Waals surface area contributed by atoms with Gasteiger partial charge in [-0.2, -0.15) is 5.10 Å². The molecule has 0 unspecified atom stereocenters. The van der Waals surface area contributed by atoms with Crippen LogP contribution in [0.2, 0.25) is 0 Å². The summed E-state index contributed by atoms with van der Waals surface area (Å²) in [4.78, 5) is 5.03. The van der Waals surface area contributed by atoms with Crippen LogP contribution >= 0.6 is 11.3 Å². The Labute approximate surface area is 85.1 Å². The molecule has 0 radical (unpaired) electrons. The number of nitrogens with zero attached hydrogens (tertiary/aromatic N) is 3. The van der Waals surface area contributed by atoms with Gasteiger partial charge in [0, 0.05) is 7.05 Å². The number of aryl methyl sites for hydroxylation is 1. The minimum atomic E-state index is 0.626. The molecule has 74 valence electrons. The molecule has 14 heavy (non-hydrogen) atoms. The molecule has 2 aromatic heterocycles. The van der Waals surface area contributed by atoms with Crippen molar-refractivity contribution in [3.8, 4) is 15.8 Å². The monoisotopic (exact) mass is 210 g/mol. The van der Waals surface area contributed by atoms with Gasteiger partial charge in [-0.25, -0.2) is 4.98 Å². The first-order chi connectivity index (χ1) is 6.72. The summed E-state index contributed by atoms with van der Waals surface area (Å²) in [6, 6.07) is 0. The van der Waals surface area contributed by atoms with E-state index in [9.17, 15) is 0 Å². The van der Waals surface area contributed by atoms with Gasteiger partial charge >= 0.3 is 0 Å². The SMILES string of the molecule is COc1ncc(-c2c(N)cnn2C)s1. The van der Waals surface area contributed by atoms with E-state index in [1.54, 1.807) is 24.2 Å². The fraction of sp³-hybridized carbons (Fsp3) is 0.250. The van der Waals surface area contributed by atoms with Gasteiger partial charge in [-0.05, 0) is 0 Å². The Morgan fingerprint density at radius 2 is 2.29 bits per heavy atom. The van der Waals surface area contributed by atoms with Crippen LogP contribution < -0.4 is 10.5 Å². The number of hydrogen-bond acceptors (Lipinski definition) is 5. The molecule has 0 aliphatic rings. The Balaban J connectivity index is 2.48. The van der Waals surface area contributed by atoms with E-state index in [2.05, 4.69) is 10.1 Å². The third kappa shape index (κ3) is 1.33. The van der Waals surface area contributed by atoms with E-state index in [1.807, 2.05) is 7.05 Å². The number of anilines is 1. The van der Waals surface area contributed by atoms with E-state index >= 15 is 0 Å². The maximum Gasteiger partial charge on any atom is 0.273 e. The molecule has 0 aliphatic heterocycles. The van der Waals surface area contributed by atoms with Gasteiger partial charge in [-0.3, -0.25) is 4.68 Å². The lowest BCUT2D eigenvalue weighted by molar-refractivity contribution is 0.412. The molecule has 0 aromatic carbocycles. The highest BCUT2D eigenvalue weighted by molar-refractivity contribution is 7.16.